The molecule has 11 nitrogen and oxygen atoms in total. The number of aromatic nitrogens is 3. The number of carbonyl (C=O) groups excluding carboxylic acids is 1. The molecule has 15 heteroatoms. The minimum atomic E-state index is -4.57. The number of nitrogens with zero attached hydrogens (tertiary/aromatic N) is 3. The Labute approximate surface area is 255 Å². The van der Waals surface area contributed by atoms with Gasteiger partial charge < -0.3 is 35.9 Å². The molecule has 1 saturated heterocycles. The van der Waals surface area contributed by atoms with E-state index in [2.05, 4.69) is 53.8 Å². The van der Waals surface area contributed by atoms with Gasteiger partial charge in [0.15, 0.2) is 6.61 Å². The normalized spacial score (nSPS) is 14.7. The van der Waals surface area contributed by atoms with Gasteiger partial charge in [0.05, 0.1) is 19.8 Å². The van der Waals surface area contributed by atoms with Crippen LogP contribution in [0.4, 0.5) is 30.8 Å². The van der Waals surface area contributed by atoms with E-state index in [0.717, 1.165) is 16.6 Å². The number of hydrogen-bond donors (Lipinski definition) is 4. The number of hydrogen-bond acceptors (Lipinski definition) is 10. The summed E-state index contributed by atoms with van der Waals surface area (Å²) in [4.78, 5) is 24.8. The summed E-state index contributed by atoms with van der Waals surface area (Å²) in [5.41, 5.74) is 7.33. The predicted octanol–water partition coefficient (Wildman–Crippen LogP) is 4.28. The first-order valence-corrected chi connectivity index (χ1v) is 14.6. The first kappa shape index (κ1) is 32.2. The summed E-state index contributed by atoms with van der Waals surface area (Å²) in [7, 11) is 0. The van der Waals surface area contributed by atoms with Crippen molar-refractivity contribution in [1.29, 1.82) is 0 Å². The molecule has 1 fully saturated rings. The third-order valence-electron chi connectivity index (χ3n) is 6.43. The molecule has 43 heavy (non-hydrogen) atoms. The zero-order valence-electron chi connectivity index (χ0n) is 23.4. The summed E-state index contributed by atoms with van der Waals surface area (Å²) in [5.74, 6) is 0.772. The van der Waals surface area contributed by atoms with E-state index in [1.165, 1.54) is 0 Å². The lowest BCUT2D eigenvalue weighted by molar-refractivity contribution is -0.154. The fourth-order valence-electron chi connectivity index (χ4n) is 3.76. The molecule has 2 heterocycles. The smallest absolute Gasteiger partial charge is 0.422 e. The second kappa shape index (κ2) is 14.7. The molecule has 0 aliphatic carbocycles. The Bertz CT molecular complexity index is 1340. The lowest BCUT2D eigenvalue weighted by Crippen LogP contribution is -2.55. The molecule has 2 aromatic carbocycles. The summed E-state index contributed by atoms with van der Waals surface area (Å²) in [6, 6.07) is 13.3. The molecule has 0 saturated carbocycles. The monoisotopic (exact) mass is 667 g/mol. The van der Waals surface area contributed by atoms with Crippen molar-refractivity contribution in [1.82, 2.24) is 20.3 Å². The van der Waals surface area contributed by atoms with E-state index in [0.29, 0.717) is 50.1 Å². The second-order valence-corrected chi connectivity index (χ2v) is 11.0. The fourth-order valence-corrected chi connectivity index (χ4v) is 3.94. The number of rotatable bonds is 15. The van der Waals surface area contributed by atoms with E-state index >= 15 is 0 Å². The highest BCUT2D eigenvalue weighted by Crippen LogP contribution is 2.25. The lowest BCUT2D eigenvalue weighted by atomic mass is 9.86. The van der Waals surface area contributed by atoms with E-state index in [1.807, 2.05) is 24.3 Å². The van der Waals surface area contributed by atoms with Gasteiger partial charge in [0.1, 0.15) is 5.75 Å². The van der Waals surface area contributed by atoms with Crippen LogP contribution >= 0.6 is 15.9 Å². The second-order valence-electron chi connectivity index (χ2n) is 10.3. The standard InChI is InChI=1S/C28H33BrF3N7O4/c1-18(10-29)12-42-22-8-2-19(3-9-22)11-34-24-37-25(39-26(38-24)43-17-28(30,31)32)36-21-6-4-20(5-7-21)23(40)35-14-27(13-33)15-41-16-27/h2-9,18H,10-17,33H2,1H3,(H,35,40)(H2,34,36,37,38,39)/t18-/m0/s1. The Balaban J connectivity index is 1.40. The van der Waals surface area contributed by atoms with Gasteiger partial charge in [-0.15, -0.1) is 0 Å². The number of carbonyl (C=O) groups is 1. The van der Waals surface area contributed by atoms with Gasteiger partial charge in [0.25, 0.3) is 5.91 Å². The number of ether oxygens (including phenoxy) is 3. The highest BCUT2D eigenvalue weighted by molar-refractivity contribution is 9.09. The summed E-state index contributed by atoms with van der Waals surface area (Å²) in [5, 5.41) is 9.61. The van der Waals surface area contributed by atoms with Crippen LogP contribution in [0.2, 0.25) is 0 Å². The third kappa shape index (κ3) is 9.93. The van der Waals surface area contributed by atoms with Crippen molar-refractivity contribution >= 4 is 39.4 Å². The van der Waals surface area contributed by atoms with Crippen molar-refractivity contribution in [3.8, 4) is 11.8 Å². The Hall–Kier alpha value is -3.69. The number of halogens is 4. The van der Waals surface area contributed by atoms with Crippen LogP contribution in [-0.4, -0.2) is 71.9 Å². The number of benzene rings is 2. The molecule has 232 valence electrons. The Morgan fingerprint density at radius 3 is 2.37 bits per heavy atom. The maximum Gasteiger partial charge on any atom is 0.422 e. The Morgan fingerprint density at radius 2 is 1.77 bits per heavy atom. The van der Waals surface area contributed by atoms with E-state index < -0.39 is 18.8 Å². The largest absolute Gasteiger partial charge is 0.493 e. The maximum atomic E-state index is 12.8. The lowest BCUT2D eigenvalue weighted by Gasteiger charge is -2.40. The number of amides is 1. The molecule has 1 atom stereocenters. The Morgan fingerprint density at radius 1 is 1.07 bits per heavy atom. The van der Waals surface area contributed by atoms with Gasteiger partial charge in [0, 0.05) is 41.6 Å². The molecule has 0 radical (unpaired) electrons. The van der Waals surface area contributed by atoms with Crippen molar-refractivity contribution in [3.63, 3.8) is 0 Å². The van der Waals surface area contributed by atoms with Gasteiger partial charge in [-0.1, -0.05) is 35.0 Å². The predicted molar refractivity (Wildman–Crippen MR) is 158 cm³/mol. The maximum absolute atomic E-state index is 12.8. The molecule has 4 rings (SSSR count). The van der Waals surface area contributed by atoms with Gasteiger partial charge in [-0.25, -0.2) is 0 Å². The van der Waals surface area contributed by atoms with Crippen molar-refractivity contribution in [3.05, 3.63) is 59.7 Å². The van der Waals surface area contributed by atoms with Crippen LogP contribution in [0.3, 0.4) is 0 Å². The zero-order valence-corrected chi connectivity index (χ0v) is 25.0. The summed E-state index contributed by atoms with van der Waals surface area (Å²) in [6.45, 7) is 3.17. The number of nitrogens with one attached hydrogen (secondary N) is 3. The fraction of sp³-hybridized carbons (Fsp3) is 0.429. The van der Waals surface area contributed by atoms with Crippen LogP contribution in [0, 0.1) is 11.3 Å². The van der Waals surface area contributed by atoms with Crippen LogP contribution in [0.25, 0.3) is 0 Å². The van der Waals surface area contributed by atoms with Gasteiger partial charge in [0.2, 0.25) is 11.9 Å². The van der Waals surface area contributed by atoms with E-state index in [-0.39, 0.29) is 29.8 Å². The molecule has 3 aromatic rings. The molecule has 0 spiro atoms. The summed E-state index contributed by atoms with van der Waals surface area (Å²) >= 11 is 3.42. The van der Waals surface area contributed by atoms with E-state index in [4.69, 9.17) is 19.9 Å². The molecular formula is C28H33BrF3N7O4. The van der Waals surface area contributed by atoms with Crippen molar-refractivity contribution in [2.75, 3.05) is 55.5 Å². The number of alkyl halides is 4. The minimum absolute atomic E-state index is 0.00551. The summed E-state index contributed by atoms with van der Waals surface area (Å²) in [6.07, 6.45) is -4.57. The molecule has 1 aliphatic rings. The average molecular weight is 669 g/mol. The van der Waals surface area contributed by atoms with Crippen LogP contribution in [0.1, 0.15) is 22.8 Å². The molecule has 5 N–H and O–H groups in total. The first-order chi connectivity index (χ1) is 20.6. The third-order valence-corrected chi connectivity index (χ3v) is 7.53. The van der Waals surface area contributed by atoms with E-state index in [1.54, 1.807) is 24.3 Å². The highest BCUT2D eigenvalue weighted by Gasteiger charge is 2.37. The van der Waals surface area contributed by atoms with E-state index in [9.17, 15) is 18.0 Å². The average Bonchev–Trinajstić information content (AvgIpc) is 2.98. The quantitative estimate of drug-likeness (QED) is 0.173. The topological polar surface area (TPSA) is 146 Å². The van der Waals surface area contributed by atoms with Crippen LogP contribution in [0.15, 0.2) is 48.5 Å². The van der Waals surface area contributed by atoms with Crippen molar-refractivity contribution in [2.45, 2.75) is 19.6 Å². The molecule has 1 aliphatic heterocycles. The molecular weight excluding hydrogens is 635 g/mol. The zero-order chi connectivity index (χ0) is 30.9. The van der Waals surface area contributed by atoms with Crippen molar-refractivity contribution in [2.24, 2.45) is 17.1 Å². The SMILES string of the molecule is C[C@@H](CBr)COc1ccc(CNc2nc(Nc3ccc(C(=O)NCC4(CN)COC4)cc3)nc(OCC(F)(F)F)n2)cc1. The molecule has 0 bridgehead atoms. The van der Waals surface area contributed by atoms with Crippen LogP contribution < -0.4 is 31.2 Å². The van der Waals surface area contributed by atoms with Crippen molar-refractivity contribution < 1.29 is 32.2 Å². The number of nitrogens with two attached hydrogens (primary N) is 1. The molecule has 0 unspecified atom stereocenters. The Kier molecular flexibility index (Phi) is 11.0. The molecule has 1 aromatic heterocycles. The highest BCUT2D eigenvalue weighted by atomic mass is 79.9. The van der Waals surface area contributed by atoms with Gasteiger partial charge in [-0.05, 0) is 47.9 Å². The molecule has 1 amide bonds. The van der Waals surface area contributed by atoms with Crippen LogP contribution in [0.5, 0.6) is 11.8 Å². The summed E-state index contributed by atoms with van der Waals surface area (Å²) < 4.78 is 54.1. The van der Waals surface area contributed by atoms with Gasteiger partial charge in [-0.3, -0.25) is 4.79 Å². The number of anilines is 3. The first-order valence-electron chi connectivity index (χ1n) is 13.5. The minimum Gasteiger partial charge on any atom is -0.493 e. The van der Waals surface area contributed by atoms with Crippen LogP contribution in [-0.2, 0) is 11.3 Å². The van der Waals surface area contributed by atoms with Gasteiger partial charge >= 0.3 is 12.2 Å². The van der Waals surface area contributed by atoms with Gasteiger partial charge in [-0.2, -0.15) is 28.1 Å².